The Hall–Kier alpha value is -2.78. The number of anilines is 1. The molecule has 8 nitrogen and oxygen atoms in total. The summed E-state index contributed by atoms with van der Waals surface area (Å²) in [5.74, 6) is 0.338. The van der Waals surface area contributed by atoms with Crippen LogP contribution < -0.4 is 4.90 Å². The van der Waals surface area contributed by atoms with Crippen LogP contribution in [0.2, 0.25) is 0 Å². The highest BCUT2D eigenvalue weighted by atomic mass is 32.2. The lowest BCUT2D eigenvalue weighted by Crippen LogP contribution is -2.48. The van der Waals surface area contributed by atoms with Crippen LogP contribution >= 0.6 is 0 Å². The van der Waals surface area contributed by atoms with Crippen molar-refractivity contribution in [2.24, 2.45) is 0 Å². The molecule has 0 amide bonds. The minimum Gasteiger partial charge on any atom is -0.369 e. The van der Waals surface area contributed by atoms with Crippen LogP contribution in [0.25, 0.3) is 0 Å². The van der Waals surface area contributed by atoms with Gasteiger partial charge in [-0.05, 0) is 66.9 Å². The van der Waals surface area contributed by atoms with Gasteiger partial charge in [-0.1, -0.05) is 36.8 Å². The number of hydrogen-bond acceptors (Lipinski definition) is 7. The number of sulfone groups is 1. The largest absolute Gasteiger partial charge is 0.369 e. The highest BCUT2D eigenvalue weighted by molar-refractivity contribution is 7.90. The van der Waals surface area contributed by atoms with Gasteiger partial charge in [-0.3, -0.25) is 4.90 Å². The van der Waals surface area contributed by atoms with Crippen molar-refractivity contribution in [2.45, 2.75) is 50.9 Å². The number of aryl methyl sites for hydroxylation is 3. The zero-order valence-corrected chi connectivity index (χ0v) is 20.6. The van der Waals surface area contributed by atoms with Gasteiger partial charge in [-0.15, -0.1) is 5.10 Å². The van der Waals surface area contributed by atoms with Gasteiger partial charge >= 0.3 is 0 Å². The molecule has 0 bridgehead atoms. The number of aromatic nitrogens is 4. The quantitative estimate of drug-likeness (QED) is 0.526. The fourth-order valence-electron chi connectivity index (χ4n) is 4.46. The zero-order chi connectivity index (χ0) is 23.6. The lowest BCUT2D eigenvalue weighted by Gasteiger charge is -2.40. The molecule has 1 unspecified atom stereocenters. The van der Waals surface area contributed by atoms with E-state index in [2.05, 4.69) is 64.3 Å². The number of hydrogen-bond donors (Lipinski definition) is 0. The molecule has 1 saturated heterocycles. The summed E-state index contributed by atoms with van der Waals surface area (Å²) in [6.07, 6.45) is 0.800. The molecule has 0 aliphatic carbocycles. The van der Waals surface area contributed by atoms with E-state index < -0.39 is 9.84 Å². The molecule has 1 aliphatic rings. The Kier molecular flexibility index (Phi) is 6.81. The topological polar surface area (TPSA) is 84.2 Å². The molecule has 0 N–H and O–H groups in total. The first kappa shape index (κ1) is 23.4. The Bertz CT molecular complexity index is 1200. The second-order valence-electron chi connectivity index (χ2n) is 8.83. The highest BCUT2D eigenvalue weighted by Crippen LogP contribution is 2.28. The predicted octanol–water partition coefficient (Wildman–Crippen LogP) is 3.30. The molecular formula is C24H32N6O2S. The number of piperazine rings is 1. The Morgan fingerprint density at radius 1 is 0.939 bits per heavy atom. The molecule has 4 rings (SSSR count). The summed E-state index contributed by atoms with van der Waals surface area (Å²) in [7, 11) is -3.55. The van der Waals surface area contributed by atoms with Gasteiger partial charge in [0.25, 0.3) is 0 Å². The van der Waals surface area contributed by atoms with E-state index in [1.165, 1.54) is 21.5 Å². The average Bonchev–Trinajstić information content (AvgIpc) is 3.24. The molecule has 1 aliphatic heterocycles. The van der Waals surface area contributed by atoms with Gasteiger partial charge < -0.3 is 4.90 Å². The van der Waals surface area contributed by atoms with E-state index in [9.17, 15) is 8.42 Å². The lowest BCUT2D eigenvalue weighted by atomic mass is 10.1. The van der Waals surface area contributed by atoms with E-state index in [0.29, 0.717) is 5.82 Å². The minimum absolute atomic E-state index is 0.0334. The van der Waals surface area contributed by atoms with Crippen LogP contribution in [0.1, 0.15) is 41.9 Å². The average molecular weight is 469 g/mol. The van der Waals surface area contributed by atoms with E-state index in [1.54, 1.807) is 24.3 Å². The van der Waals surface area contributed by atoms with Gasteiger partial charge in [0.2, 0.25) is 0 Å². The Labute approximate surface area is 196 Å². The van der Waals surface area contributed by atoms with Gasteiger partial charge in [0.05, 0.1) is 10.9 Å². The van der Waals surface area contributed by atoms with E-state index in [0.717, 1.165) is 38.2 Å². The van der Waals surface area contributed by atoms with Crippen LogP contribution in [0.5, 0.6) is 0 Å². The summed E-state index contributed by atoms with van der Waals surface area (Å²) in [5, 5.41) is 12.1. The van der Waals surface area contributed by atoms with E-state index in [4.69, 9.17) is 0 Å². The molecule has 0 spiro atoms. The number of tetrazole rings is 1. The van der Waals surface area contributed by atoms with Crippen molar-refractivity contribution in [1.29, 1.82) is 0 Å². The van der Waals surface area contributed by atoms with Crippen molar-refractivity contribution in [2.75, 3.05) is 31.1 Å². The Morgan fingerprint density at radius 3 is 2.27 bits per heavy atom. The number of benzene rings is 2. The second kappa shape index (κ2) is 9.61. The molecule has 0 saturated carbocycles. The second-order valence-corrected chi connectivity index (χ2v) is 10.8. The fourth-order valence-corrected chi connectivity index (χ4v) is 5.67. The van der Waals surface area contributed by atoms with Crippen LogP contribution in [-0.4, -0.2) is 59.7 Å². The summed E-state index contributed by atoms with van der Waals surface area (Å²) >= 11 is 0. The molecule has 2 aromatic carbocycles. The fraction of sp³-hybridized carbons (Fsp3) is 0.458. The normalized spacial score (nSPS) is 16.2. The van der Waals surface area contributed by atoms with Crippen LogP contribution in [0, 0.1) is 20.8 Å². The maximum atomic E-state index is 13.0. The van der Waals surface area contributed by atoms with Gasteiger partial charge in [0.15, 0.2) is 21.5 Å². The third-order valence-electron chi connectivity index (χ3n) is 6.38. The summed E-state index contributed by atoms with van der Waals surface area (Å²) in [4.78, 5) is 5.07. The van der Waals surface area contributed by atoms with Crippen LogP contribution in [0.15, 0.2) is 47.4 Å². The van der Waals surface area contributed by atoms with Crippen LogP contribution in [0.3, 0.4) is 0 Å². The Morgan fingerprint density at radius 2 is 1.61 bits per heavy atom. The minimum atomic E-state index is -3.55. The van der Waals surface area contributed by atoms with E-state index >= 15 is 0 Å². The van der Waals surface area contributed by atoms with Gasteiger partial charge in [-0.2, -0.15) is 0 Å². The molecule has 1 aromatic heterocycles. The molecule has 2 heterocycles. The smallest absolute Gasteiger partial charge is 0.198 e. The van der Waals surface area contributed by atoms with Gasteiger partial charge in [0.1, 0.15) is 0 Å². The summed E-state index contributed by atoms with van der Waals surface area (Å²) < 4.78 is 27.4. The monoisotopic (exact) mass is 468 g/mol. The molecule has 0 radical (unpaired) electrons. The zero-order valence-electron chi connectivity index (χ0n) is 19.8. The highest BCUT2D eigenvalue weighted by Gasteiger charge is 2.30. The molecular weight excluding hydrogens is 436 g/mol. The van der Waals surface area contributed by atoms with Gasteiger partial charge in [0, 0.05) is 31.9 Å². The molecule has 1 fully saturated rings. The number of nitrogens with zero attached hydrogens (tertiary/aromatic N) is 6. The predicted molar refractivity (Wildman–Crippen MR) is 129 cm³/mol. The van der Waals surface area contributed by atoms with Crippen molar-refractivity contribution in [3.63, 3.8) is 0 Å². The molecule has 33 heavy (non-hydrogen) atoms. The first-order valence-corrected chi connectivity index (χ1v) is 13.1. The van der Waals surface area contributed by atoms with E-state index in [1.807, 2.05) is 6.92 Å². The van der Waals surface area contributed by atoms with Crippen LogP contribution in [0.4, 0.5) is 5.69 Å². The molecule has 3 aromatic rings. The molecule has 1 atom stereocenters. The summed E-state index contributed by atoms with van der Waals surface area (Å²) in [6, 6.07) is 13.4. The lowest BCUT2D eigenvalue weighted by molar-refractivity contribution is 0.170. The third-order valence-corrected chi connectivity index (χ3v) is 7.95. The maximum absolute atomic E-state index is 13.0. The molecule has 9 heteroatoms. The Balaban J connectivity index is 1.49. The van der Waals surface area contributed by atoms with Crippen molar-refractivity contribution in [3.8, 4) is 0 Å². The standard InChI is InChI=1S/C24H32N6O2S/c1-5-22(28-12-14-29(15-13-28)23-16-19(3)6-9-20(23)4)24-25-26-27-30(24)17-33(31,32)21-10-7-18(2)8-11-21/h6-11,16,22H,5,12-15,17H2,1-4H3. The van der Waals surface area contributed by atoms with Crippen molar-refractivity contribution >= 4 is 15.5 Å². The maximum Gasteiger partial charge on any atom is 0.198 e. The summed E-state index contributed by atoms with van der Waals surface area (Å²) in [6.45, 7) is 11.8. The number of rotatable bonds is 7. The van der Waals surface area contributed by atoms with Crippen molar-refractivity contribution in [1.82, 2.24) is 25.1 Å². The first-order valence-electron chi connectivity index (χ1n) is 11.4. The van der Waals surface area contributed by atoms with Crippen molar-refractivity contribution < 1.29 is 8.42 Å². The molecule has 176 valence electrons. The SMILES string of the molecule is CCC(c1nnnn1CS(=O)(=O)c1ccc(C)cc1)N1CCN(c2cc(C)ccc2C)CC1. The van der Waals surface area contributed by atoms with Gasteiger partial charge in [-0.25, -0.2) is 13.1 Å². The summed E-state index contributed by atoms with van der Waals surface area (Å²) in [5.41, 5.74) is 4.85. The van der Waals surface area contributed by atoms with Crippen LogP contribution in [-0.2, 0) is 15.7 Å². The third kappa shape index (κ3) is 5.09. The first-order chi connectivity index (χ1) is 15.8. The van der Waals surface area contributed by atoms with E-state index in [-0.39, 0.29) is 16.8 Å². The van der Waals surface area contributed by atoms with Crippen molar-refractivity contribution in [3.05, 3.63) is 65.0 Å².